The lowest BCUT2D eigenvalue weighted by Gasteiger charge is -2.21. The molecule has 0 radical (unpaired) electrons. The zero-order valence-corrected chi connectivity index (χ0v) is 18.3. The number of nitrogens with two attached hydrogens (primary N) is 1. The number of rotatable bonds is 11. The third kappa shape index (κ3) is 6.51. The largest absolute Gasteiger partial charge is 0.508 e. The molecular formula is C22H28Cl2N2O4. The van der Waals surface area contributed by atoms with E-state index in [0.717, 1.165) is 6.42 Å². The van der Waals surface area contributed by atoms with Crippen molar-refractivity contribution in [3.63, 3.8) is 0 Å². The number of carbonyl (C=O) groups is 1. The van der Waals surface area contributed by atoms with Crippen LogP contribution in [0.2, 0.25) is 10.0 Å². The highest BCUT2D eigenvalue weighted by molar-refractivity contribution is 6.38. The van der Waals surface area contributed by atoms with E-state index in [1.807, 2.05) is 6.92 Å². The molecule has 2 rings (SSSR count). The van der Waals surface area contributed by atoms with Gasteiger partial charge in [0, 0.05) is 6.54 Å². The van der Waals surface area contributed by atoms with E-state index >= 15 is 0 Å². The molecule has 30 heavy (non-hydrogen) atoms. The van der Waals surface area contributed by atoms with Crippen molar-refractivity contribution in [3.8, 4) is 5.75 Å². The van der Waals surface area contributed by atoms with E-state index in [0.29, 0.717) is 47.1 Å². The van der Waals surface area contributed by atoms with Crippen molar-refractivity contribution in [3.05, 3.63) is 57.6 Å². The Morgan fingerprint density at radius 1 is 1.17 bits per heavy atom. The van der Waals surface area contributed by atoms with Gasteiger partial charge in [-0.2, -0.15) is 0 Å². The first-order valence-electron chi connectivity index (χ1n) is 9.86. The molecule has 164 valence electrons. The van der Waals surface area contributed by atoms with Crippen LogP contribution in [0, 0.1) is 5.92 Å². The van der Waals surface area contributed by atoms with Crippen LogP contribution in [0.5, 0.6) is 5.75 Å². The van der Waals surface area contributed by atoms with Gasteiger partial charge in [-0.05, 0) is 54.6 Å². The normalized spacial score (nSPS) is 14.3. The summed E-state index contributed by atoms with van der Waals surface area (Å²) >= 11 is 12.0. The second-order valence-corrected chi connectivity index (χ2v) is 8.22. The van der Waals surface area contributed by atoms with Crippen LogP contribution in [0.1, 0.15) is 49.3 Å². The minimum absolute atomic E-state index is 0.120. The quantitative estimate of drug-likeness (QED) is 0.250. The van der Waals surface area contributed by atoms with E-state index in [2.05, 4.69) is 5.32 Å². The average molecular weight is 455 g/mol. The number of phenols is 1. The molecule has 0 aliphatic heterocycles. The molecule has 6 nitrogen and oxygen atoms in total. The lowest BCUT2D eigenvalue weighted by Crippen LogP contribution is -2.24. The highest BCUT2D eigenvalue weighted by atomic mass is 35.5. The minimum atomic E-state index is -0.869. The van der Waals surface area contributed by atoms with E-state index in [4.69, 9.17) is 28.9 Å². The van der Waals surface area contributed by atoms with Crippen LogP contribution in [0.25, 0.3) is 0 Å². The molecule has 2 aromatic carbocycles. The number of nitrogen functional groups attached to an aromatic ring is 1. The summed E-state index contributed by atoms with van der Waals surface area (Å²) in [6, 6.07) is 10.0. The fourth-order valence-electron chi connectivity index (χ4n) is 3.44. The number of anilines is 1. The number of phenolic OH excluding ortho intramolecular Hbond substituents is 1. The number of aliphatic hydroxyl groups is 1. The van der Waals surface area contributed by atoms with Crippen LogP contribution < -0.4 is 11.1 Å². The van der Waals surface area contributed by atoms with Gasteiger partial charge in [0.1, 0.15) is 5.75 Å². The highest BCUT2D eigenvalue weighted by Crippen LogP contribution is 2.34. The Kier molecular flexibility index (Phi) is 9.24. The Bertz CT molecular complexity index is 840. The third-order valence-electron chi connectivity index (χ3n) is 5.29. The number of benzene rings is 2. The summed E-state index contributed by atoms with van der Waals surface area (Å²) in [5.41, 5.74) is 7.21. The van der Waals surface area contributed by atoms with E-state index in [9.17, 15) is 20.1 Å². The van der Waals surface area contributed by atoms with Gasteiger partial charge in [-0.25, -0.2) is 0 Å². The number of halogens is 2. The molecular weight excluding hydrogens is 427 g/mol. The molecule has 0 aliphatic rings. The summed E-state index contributed by atoms with van der Waals surface area (Å²) in [6.45, 7) is 2.77. The number of carboxylic acids is 1. The summed E-state index contributed by atoms with van der Waals surface area (Å²) in [6.07, 6.45) is 1.18. The number of para-hydroxylation sites is 1. The molecule has 0 fully saturated rings. The van der Waals surface area contributed by atoms with Crippen molar-refractivity contribution >= 4 is 34.9 Å². The summed E-state index contributed by atoms with van der Waals surface area (Å²) in [5.74, 6) is -1.62. The smallest absolute Gasteiger partial charge is 0.307 e. The number of aliphatic carboxylic acids is 1. The maximum atomic E-state index is 11.7. The molecule has 3 unspecified atom stereocenters. The monoisotopic (exact) mass is 454 g/mol. The molecule has 2 aromatic rings. The van der Waals surface area contributed by atoms with Gasteiger partial charge in [-0.1, -0.05) is 54.7 Å². The van der Waals surface area contributed by atoms with Crippen molar-refractivity contribution < 1.29 is 20.1 Å². The fourth-order valence-corrected chi connectivity index (χ4v) is 3.95. The number of nitrogens with one attached hydrogen (secondary N) is 1. The van der Waals surface area contributed by atoms with E-state index in [1.54, 1.807) is 36.4 Å². The number of carboxylic acid groups (broad SMARTS) is 1. The first kappa shape index (κ1) is 24.3. The van der Waals surface area contributed by atoms with Crippen LogP contribution in [-0.4, -0.2) is 34.4 Å². The average Bonchev–Trinajstić information content (AvgIpc) is 2.70. The topological polar surface area (TPSA) is 116 Å². The Balaban J connectivity index is 1.78. The first-order chi connectivity index (χ1) is 14.2. The standard InChI is InChI=1S/C22H28Cl2N2O4/c1-13(15-6-2-3-8-19(15)27)16(22(29)30)7-4-5-9-26-12-20(28)14-10-17(23)21(25)18(24)11-14/h2-3,6,8,10-11,13,16,20,26-28H,4-5,7,9,12,25H2,1H3,(H,29,30). The zero-order chi connectivity index (χ0) is 22.3. The minimum Gasteiger partial charge on any atom is -0.508 e. The number of unbranched alkanes of at least 4 members (excludes halogenated alkanes) is 1. The molecule has 6 N–H and O–H groups in total. The van der Waals surface area contributed by atoms with E-state index in [-0.39, 0.29) is 17.4 Å². The molecule has 0 saturated carbocycles. The lowest BCUT2D eigenvalue weighted by atomic mass is 9.84. The van der Waals surface area contributed by atoms with Gasteiger partial charge in [-0.3, -0.25) is 4.79 Å². The van der Waals surface area contributed by atoms with Gasteiger partial charge in [0.05, 0.1) is 27.8 Å². The fraction of sp³-hybridized carbons (Fsp3) is 0.409. The third-order valence-corrected chi connectivity index (χ3v) is 5.92. The Labute approximate surface area is 186 Å². The van der Waals surface area contributed by atoms with Gasteiger partial charge < -0.3 is 26.4 Å². The molecule has 8 heteroatoms. The number of aromatic hydroxyl groups is 1. The van der Waals surface area contributed by atoms with Crippen molar-refractivity contribution in [2.45, 2.75) is 38.2 Å². The first-order valence-corrected chi connectivity index (χ1v) is 10.6. The van der Waals surface area contributed by atoms with E-state index in [1.165, 1.54) is 0 Å². The van der Waals surface area contributed by atoms with Crippen LogP contribution in [0.15, 0.2) is 36.4 Å². The summed E-state index contributed by atoms with van der Waals surface area (Å²) < 4.78 is 0. The Morgan fingerprint density at radius 2 is 1.80 bits per heavy atom. The van der Waals surface area contributed by atoms with Gasteiger partial charge in [0.25, 0.3) is 0 Å². The van der Waals surface area contributed by atoms with Crippen LogP contribution >= 0.6 is 23.2 Å². The van der Waals surface area contributed by atoms with Gasteiger partial charge >= 0.3 is 5.97 Å². The van der Waals surface area contributed by atoms with Gasteiger partial charge in [0.2, 0.25) is 0 Å². The summed E-state index contributed by atoms with van der Waals surface area (Å²) in [4.78, 5) is 11.7. The maximum absolute atomic E-state index is 11.7. The Hall–Kier alpha value is -1.99. The van der Waals surface area contributed by atoms with Crippen molar-refractivity contribution in [2.24, 2.45) is 5.92 Å². The SMILES string of the molecule is CC(c1ccccc1O)C(CCCCNCC(O)c1cc(Cl)c(N)c(Cl)c1)C(=O)O. The summed E-state index contributed by atoms with van der Waals surface area (Å²) in [7, 11) is 0. The van der Waals surface area contributed by atoms with E-state index < -0.39 is 18.0 Å². The van der Waals surface area contributed by atoms with Crippen LogP contribution in [-0.2, 0) is 4.79 Å². The zero-order valence-electron chi connectivity index (χ0n) is 16.8. The van der Waals surface area contributed by atoms with Crippen LogP contribution in [0.3, 0.4) is 0 Å². The molecule has 3 atom stereocenters. The van der Waals surface area contributed by atoms with Gasteiger partial charge in [0.15, 0.2) is 0 Å². The predicted molar refractivity (Wildman–Crippen MR) is 120 cm³/mol. The highest BCUT2D eigenvalue weighted by Gasteiger charge is 2.27. The molecule has 0 amide bonds. The van der Waals surface area contributed by atoms with Crippen molar-refractivity contribution in [1.82, 2.24) is 5.32 Å². The molecule has 0 aliphatic carbocycles. The number of hydrogen-bond acceptors (Lipinski definition) is 5. The predicted octanol–water partition coefficient (Wildman–Crippen LogP) is 4.58. The van der Waals surface area contributed by atoms with Crippen molar-refractivity contribution in [1.29, 1.82) is 0 Å². The molecule has 0 bridgehead atoms. The van der Waals surface area contributed by atoms with Crippen molar-refractivity contribution in [2.75, 3.05) is 18.8 Å². The second kappa shape index (κ2) is 11.4. The molecule has 0 heterocycles. The molecule has 0 saturated heterocycles. The van der Waals surface area contributed by atoms with Crippen LogP contribution in [0.4, 0.5) is 5.69 Å². The summed E-state index contributed by atoms with van der Waals surface area (Å²) in [5, 5.41) is 33.6. The Morgan fingerprint density at radius 3 is 2.40 bits per heavy atom. The second-order valence-electron chi connectivity index (χ2n) is 7.41. The number of aliphatic hydroxyl groups excluding tert-OH is 1. The number of hydrogen-bond donors (Lipinski definition) is 5. The maximum Gasteiger partial charge on any atom is 0.307 e. The lowest BCUT2D eigenvalue weighted by molar-refractivity contribution is -0.142. The molecule has 0 spiro atoms. The van der Waals surface area contributed by atoms with Gasteiger partial charge in [-0.15, -0.1) is 0 Å². The molecule has 0 aromatic heterocycles.